The second kappa shape index (κ2) is 11.0. The van der Waals surface area contributed by atoms with Crippen LogP contribution in [-0.2, 0) is 0 Å². The van der Waals surface area contributed by atoms with E-state index in [-0.39, 0.29) is 24.0 Å². The lowest BCUT2D eigenvalue weighted by atomic mass is 10.0. The average Bonchev–Trinajstić information content (AvgIpc) is 2.52. The number of anilines is 1. The van der Waals surface area contributed by atoms with Crippen molar-refractivity contribution >= 4 is 47.2 Å². The van der Waals surface area contributed by atoms with Crippen LogP contribution in [0.15, 0.2) is 23.2 Å². The Morgan fingerprint density at radius 2 is 2.29 bits per heavy atom. The zero-order chi connectivity index (χ0) is 16.7. The van der Waals surface area contributed by atoms with Crippen molar-refractivity contribution < 1.29 is 4.74 Å². The SMILES string of the molecule is COc1ccc(NC(N)=NCCCN2CCCC(C)C2)cc1Cl.I. The molecule has 0 spiro atoms. The fourth-order valence-electron chi connectivity index (χ4n) is 2.92. The van der Waals surface area contributed by atoms with Crippen LogP contribution < -0.4 is 15.8 Å². The summed E-state index contributed by atoms with van der Waals surface area (Å²) in [5, 5.41) is 3.60. The van der Waals surface area contributed by atoms with Gasteiger partial charge in [0.25, 0.3) is 0 Å². The number of halogens is 2. The highest BCUT2D eigenvalue weighted by molar-refractivity contribution is 14.0. The van der Waals surface area contributed by atoms with Gasteiger partial charge in [-0.3, -0.25) is 4.99 Å². The fourth-order valence-corrected chi connectivity index (χ4v) is 3.17. The summed E-state index contributed by atoms with van der Waals surface area (Å²) in [5.74, 6) is 1.88. The van der Waals surface area contributed by atoms with Gasteiger partial charge < -0.3 is 20.7 Å². The van der Waals surface area contributed by atoms with Crippen LogP contribution in [0.3, 0.4) is 0 Å². The zero-order valence-corrected chi connectivity index (χ0v) is 17.5. The van der Waals surface area contributed by atoms with Crippen molar-refractivity contribution in [3.05, 3.63) is 23.2 Å². The van der Waals surface area contributed by atoms with E-state index in [0.29, 0.717) is 16.7 Å². The van der Waals surface area contributed by atoms with E-state index in [9.17, 15) is 0 Å². The number of benzene rings is 1. The summed E-state index contributed by atoms with van der Waals surface area (Å²) in [6.45, 7) is 6.57. The molecule has 1 heterocycles. The molecular weight excluding hydrogens is 439 g/mol. The predicted molar refractivity (Wildman–Crippen MR) is 113 cm³/mol. The quantitative estimate of drug-likeness (QED) is 0.290. The summed E-state index contributed by atoms with van der Waals surface area (Å²) in [4.78, 5) is 6.90. The summed E-state index contributed by atoms with van der Waals surface area (Å²) < 4.78 is 5.12. The van der Waals surface area contributed by atoms with E-state index in [1.807, 2.05) is 6.07 Å². The van der Waals surface area contributed by atoms with E-state index in [4.69, 9.17) is 22.1 Å². The Morgan fingerprint density at radius 1 is 1.50 bits per heavy atom. The van der Waals surface area contributed by atoms with Gasteiger partial charge in [-0.2, -0.15) is 0 Å². The smallest absolute Gasteiger partial charge is 0.193 e. The Bertz CT molecular complexity index is 541. The molecule has 0 aromatic heterocycles. The molecule has 2 rings (SSSR count). The summed E-state index contributed by atoms with van der Waals surface area (Å²) >= 11 is 6.09. The maximum Gasteiger partial charge on any atom is 0.193 e. The van der Waals surface area contributed by atoms with Crippen LogP contribution in [0.5, 0.6) is 5.75 Å². The summed E-state index contributed by atoms with van der Waals surface area (Å²) in [6, 6.07) is 5.44. The Labute approximate surface area is 167 Å². The largest absolute Gasteiger partial charge is 0.495 e. The highest BCUT2D eigenvalue weighted by Gasteiger charge is 2.15. The minimum atomic E-state index is 0. The molecule has 1 atom stereocenters. The van der Waals surface area contributed by atoms with Crippen LogP contribution in [0.1, 0.15) is 26.2 Å². The Balaban J connectivity index is 0.00000288. The number of nitrogens with zero attached hydrogens (tertiary/aromatic N) is 2. The van der Waals surface area contributed by atoms with Gasteiger partial charge in [0.2, 0.25) is 0 Å². The lowest BCUT2D eigenvalue weighted by molar-refractivity contribution is 0.183. The van der Waals surface area contributed by atoms with Gasteiger partial charge in [0.15, 0.2) is 5.96 Å². The Morgan fingerprint density at radius 3 is 2.96 bits per heavy atom. The van der Waals surface area contributed by atoms with Gasteiger partial charge in [-0.25, -0.2) is 0 Å². The van der Waals surface area contributed by atoms with Gasteiger partial charge in [0.1, 0.15) is 5.75 Å². The normalized spacial score (nSPS) is 18.8. The Hall–Kier alpha value is -0.730. The second-order valence-corrected chi connectivity index (χ2v) is 6.55. The van der Waals surface area contributed by atoms with E-state index >= 15 is 0 Å². The first-order valence-electron chi connectivity index (χ1n) is 8.21. The van der Waals surface area contributed by atoms with Crippen molar-refractivity contribution in [3.8, 4) is 5.75 Å². The average molecular weight is 467 g/mol. The van der Waals surface area contributed by atoms with Crippen LogP contribution >= 0.6 is 35.6 Å². The topological polar surface area (TPSA) is 62.9 Å². The molecule has 3 N–H and O–H groups in total. The third kappa shape index (κ3) is 7.03. The lowest BCUT2D eigenvalue weighted by Gasteiger charge is -2.30. The maximum atomic E-state index is 6.09. The molecule has 1 saturated heterocycles. The molecule has 0 saturated carbocycles. The van der Waals surface area contributed by atoms with E-state index in [1.54, 1.807) is 19.2 Å². The van der Waals surface area contributed by atoms with Gasteiger partial charge in [-0.05, 0) is 56.5 Å². The number of aliphatic imine (C=N–C) groups is 1. The van der Waals surface area contributed by atoms with Crippen molar-refractivity contribution in [2.24, 2.45) is 16.6 Å². The Kier molecular flexibility index (Phi) is 9.76. The molecule has 0 bridgehead atoms. The summed E-state index contributed by atoms with van der Waals surface area (Å²) in [6.07, 6.45) is 3.70. The second-order valence-electron chi connectivity index (χ2n) is 6.14. The first-order valence-corrected chi connectivity index (χ1v) is 8.59. The minimum Gasteiger partial charge on any atom is -0.495 e. The van der Waals surface area contributed by atoms with Crippen LogP contribution in [0.25, 0.3) is 0 Å². The zero-order valence-electron chi connectivity index (χ0n) is 14.4. The molecule has 1 fully saturated rings. The van der Waals surface area contributed by atoms with E-state index in [1.165, 1.54) is 25.9 Å². The third-order valence-electron chi connectivity index (χ3n) is 4.08. The van der Waals surface area contributed by atoms with Crippen LogP contribution in [0, 0.1) is 5.92 Å². The number of likely N-dealkylation sites (tertiary alicyclic amines) is 1. The number of hydrogen-bond acceptors (Lipinski definition) is 3. The molecule has 5 nitrogen and oxygen atoms in total. The highest BCUT2D eigenvalue weighted by Crippen LogP contribution is 2.27. The van der Waals surface area contributed by atoms with Crippen molar-refractivity contribution in [2.45, 2.75) is 26.2 Å². The van der Waals surface area contributed by atoms with Crippen LogP contribution in [0.2, 0.25) is 5.02 Å². The van der Waals surface area contributed by atoms with Crippen molar-refractivity contribution in [2.75, 3.05) is 38.6 Å². The number of methoxy groups -OCH3 is 1. The number of hydrogen-bond donors (Lipinski definition) is 2. The molecule has 0 aliphatic carbocycles. The molecule has 24 heavy (non-hydrogen) atoms. The molecule has 1 aliphatic rings. The molecule has 1 unspecified atom stereocenters. The lowest BCUT2D eigenvalue weighted by Crippen LogP contribution is -2.35. The van der Waals surface area contributed by atoms with Crippen molar-refractivity contribution in [1.29, 1.82) is 0 Å². The van der Waals surface area contributed by atoms with E-state index in [2.05, 4.69) is 22.1 Å². The summed E-state index contributed by atoms with van der Waals surface area (Å²) in [5.41, 5.74) is 6.73. The standard InChI is InChI=1S/C17H27ClN4O.HI/c1-13-5-3-9-22(12-13)10-4-8-20-17(19)21-14-6-7-16(23-2)15(18)11-14;/h6-7,11,13H,3-5,8-10,12H2,1-2H3,(H3,19,20,21);1H. The number of ether oxygens (including phenoxy) is 1. The molecule has 1 aromatic carbocycles. The first kappa shape index (κ1) is 21.3. The molecule has 7 heteroatoms. The number of nitrogens with one attached hydrogen (secondary N) is 1. The molecular formula is C17H28ClIN4O. The summed E-state index contributed by atoms with van der Waals surface area (Å²) in [7, 11) is 1.59. The van der Waals surface area contributed by atoms with Crippen molar-refractivity contribution in [1.82, 2.24) is 4.90 Å². The van der Waals surface area contributed by atoms with E-state index in [0.717, 1.165) is 31.1 Å². The number of rotatable bonds is 6. The number of guanidine groups is 1. The van der Waals surface area contributed by atoms with Gasteiger partial charge in [0.05, 0.1) is 12.1 Å². The molecule has 1 aliphatic heterocycles. The van der Waals surface area contributed by atoms with Gasteiger partial charge in [0, 0.05) is 18.8 Å². The monoisotopic (exact) mass is 466 g/mol. The molecule has 0 radical (unpaired) electrons. The van der Waals surface area contributed by atoms with Crippen LogP contribution in [0.4, 0.5) is 5.69 Å². The molecule has 1 aromatic rings. The maximum absolute atomic E-state index is 6.09. The highest BCUT2D eigenvalue weighted by atomic mass is 127. The van der Waals surface area contributed by atoms with Gasteiger partial charge in [-0.15, -0.1) is 24.0 Å². The molecule has 0 amide bonds. The van der Waals surface area contributed by atoms with Gasteiger partial charge >= 0.3 is 0 Å². The minimum absolute atomic E-state index is 0. The van der Waals surface area contributed by atoms with Crippen LogP contribution in [-0.4, -0.2) is 44.1 Å². The first-order chi connectivity index (χ1) is 11.1. The van der Waals surface area contributed by atoms with Gasteiger partial charge in [-0.1, -0.05) is 18.5 Å². The van der Waals surface area contributed by atoms with Crippen molar-refractivity contribution in [3.63, 3.8) is 0 Å². The van der Waals surface area contributed by atoms with E-state index < -0.39 is 0 Å². The predicted octanol–water partition coefficient (Wildman–Crippen LogP) is 3.82. The number of piperidine rings is 1. The fraction of sp³-hybridized carbons (Fsp3) is 0.588. The molecule has 136 valence electrons. The number of nitrogens with two attached hydrogens (primary N) is 1. The third-order valence-corrected chi connectivity index (χ3v) is 4.38.